The van der Waals surface area contributed by atoms with Crippen LogP contribution in [-0.4, -0.2) is 25.1 Å². The first-order chi connectivity index (χ1) is 8.84. The summed E-state index contributed by atoms with van der Waals surface area (Å²) < 4.78 is 0. The quantitative estimate of drug-likeness (QED) is 0.705. The maximum atomic E-state index is 5.74. The average molecular weight is 238 g/mol. The summed E-state index contributed by atoms with van der Waals surface area (Å²) >= 11 is 0. The second kappa shape index (κ2) is 4.25. The molecule has 0 bridgehead atoms. The maximum Gasteiger partial charge on any atom is 0.181 e. The van der Waals surface area contributed by atoms with Gasteiger partial charge in [0.1, 0.15) is 5.69 Å². The second-order valence-electron chi connectivity index (χ2n) is 3.66. The molecule has 6 heteroatoms. The smallest absolute Gasteiger partial charge is 0.181 e. The van der Waals surface area contributed by atoms with Gasteiger partial charge in [-0.25, -0.2) is 15.0 Å². The highest BCUT2D eigenvalue weighted by molar-refractivity contribution is 5.65. The predicted molar refractivity (Wildman–Crippen MR) is 67.3 cm³/mol. The Bertz CT molecular complexity index is 661. The number of nitrogen functional groups attached to an aromatic ring is 1. The summed E-state index contributed by atoms with van der Waals surface area (Å²) in [7, 11) is 0. The molecule has 0 saturated heterocycles. The lowest BCUT2D eigenvalue weighted by Gasteiger charge is -1.97. The van der Waals surface area contributed by atoms with Gasteiger partial charge in [0, 0.05) is 18.0 Å². The van der Waals surface area contributed by atoms with Crippen LogP contribution in [0.1, 0.15) is 0 Å². The summed E-state index contributed by atoms with van der Waals surface area (Å²) in [6, 6.07) is 9.68. The molecular formula is C12H10N6. The van der Waals surface area contributed by atoms with E-state index in [0.29, 0.717) is 23.2 Å². The van der Waals surface area contributed by atoms with Crippen molar-refractivity contribution < 1.29 is 0 Å². The van der Waals surface area contributed by atoms with Gasteiger partial charge in [-0.05, 0) is 0 Å². The van der Waals surface area contributed by atoms with Crippen molar-refractivity contribution in [2.75, 3.05) is 5.73 Å². The van der Waals surface area contributed by atoms with E-state index in [0.717, 1.165) is 5.56 Å². The third kappa shape index (κ3) is 1.80. The van der Waals surface area contributed by atoms with Crippen molar-refractivity contribution in [2.24, 2.45) is 0 Å². The standard InChI is InChI=1S/C12H10N6/c13-10-9(14-6-7-15-10)12-16-11(17-18-12)8-4-2-1-3-5-8/h1-7H,(H2,13,15)(H,16,17,18). The van der Waals surface area contributed by atoms with Gasteiger partial charge in [0.25, 0.3) is 0 Å². The molecule has 0 atom stereocenters. The zero-order valence-corrected chi connectivity index (χ0v) is 9.41. The molecule has 0 fully saturated rings. The fourth-order valence-corrected chi connectivity index (χ4v) is 1.62. The van der Waals surface area contributed by atoms with Gasteiger partial charge >= 0.3 is 0 Å². The minimum Gasteiger partial charge on any atom is -0.382 e. The number of nitrogens with zero attached hydrogens (tertiary/aromatic N) is 4. The minimum absolute atomic E-state index is 0.327. The van der Waals surface area contributed by atoms with E-state index in [1.54, 1.807) is 6.20 Å². The molecule has 0 unspecified atom stereocenters. The van der Waals surface area contributed by atoms with E-state index >= 15 is 0 Å². The summed E-state index contributed by atoms with van der Waals surface area (Å²) in [5, 5.41) is 6.96. The van der Waals surface area contributed by atoms with E-state index in [4.69, 9.17) is 5.73 Å². The van der Waals surface area contributed by atoms with Crippen molar-refractivity contribution in [3.8, 4) is 22.9 Å². The molecule has 3 rings (SSSR count). The van der Waals surface area contributed by atoms with Gasteiger partial charge in [0.15, 0.2) is 17.5 Å². The third-order valence-corrected chi connectivity index (χ3v) is 2.47. The molecule has 0 saturated carbocycles. The molecule has 3 aromatic rings. The van der Waals surface area contributed by atoms with Crippen LogP contribution in [0, 0.1) is 0 Å². The van der Waals surface area contributed by atoms with Gasteiger partial charge in [-0.2, -0.15) is 5.10 Å². The van der Waals surface area contributed by atoms with Crippen molar-refractivity contribution in [3.63, 3.8) is 0 Å². The normalized spacial score (nSPS) is 10.4. The number of H-pyrrole nitrogens is 1. The first-order valence-corrected chi connectivity index (χ1v) is 5.39. The highest BCUT2D eigenvalue weighted by Gasteiger charge is 2.11. The summed E-state index contributed by atoms with van der Waals surface area (Å²) in [6.45, 7) is 0. The van der Waals surface area contributed by atoms with Gasteiger partial charge in [-0.3, -0.25) is 5.10 Å². The Balaban J connectivity index is 2.03. The Morgan fingerprint density at radius 3 is 2.56 bits per heavy atom. The predicted octanol–water partition coefficient (Wildman–Crippen LogP) is 1.51. The lowest BCUT2D eigenvalue weighted by Crippen LogP contribution is -1.97. The molecule has 1 aromatic carbocycles. The largest absolute Gasteiger partial charge is 0.382 e. The van der Waals surface area contributed by atoms with E-state index in [2.05, 4.69) is 25.1 Å². The van der Waals surface area contributed by atoms with E-state index in [1.807, 2.05) is 30.3 Å². The average Bonchev–Trinajstić information content (AvgIpc) is 2.90. The number of nitrogens with two attached hydrogens (primary N) is 1. The number of hydrogen-bond acceptors (Lipinski definition) is 5. The lowest BCUT2D eigenvalue weighted by molar-refractivity contribution is 1.08. The highest BCUT2D eigenvalue weighted by atomic mass is 15.2. The van der Waals surface area contributed by atoms with Gasteiger partial charge in [0.2, 0.25) is 0 Å². The van der Waals surface area contributed by atoms with Gasteiger partial charge in [-0.1, -0.05) is 30.3 Å². The van der Waals surface area contributed by atoms with Crippen LogP contribution in [0.4, 0.5) is 5.82 Å². The van der Waals surface area contributed by atoms with E-state index in [9.17, 15) is 0 Å². The summed E-state index contributed by atoms with van der Waals surface area (Å²) in [5.74, 6) is 1.45. The molecule has 2 heterocycles. The molecule has 2 aromatic heterocycles. The highest BCUT2D eigenvalue weighted by Crippen LogP contribution is 2.20. The molecular weight excluding hydrogens is 228 g/mol. The van der Waals surface area contributed by atoms with E-state index in [1.165, 1.54) is 6.20 Å². The van der Waals surface area contributed by atoms with Crippen molar-refractivity contribution in [1.29, 1.82) is 0 Å². The fraction of sp³-hybridized carbons (Fsp3) is 0. The number of anilines is 1. The first-order valence-electron chi connectivity index (χ1n) is 5.39. The molecule has 0 aliphatic rings. The topological polar surface area (TPSA) is 93.4 Å². The van der Waals surface area contributed by atoms with E-state index in [-0.39, 0.29) is 0 Å². The van der Waals surface area contributed by atoms with Crippen LogP contribution in [0.2, 0.25) is 0 Å². The van der Waals surface area contributed by atoms with Crippen LogP contribution in [-0.2, 0) is 0 Å². The van der Waals surface area contributed by atoms with Gasteiger partial charge in [0.05, 0.1) is 0 Å². The van der Waals surface area contributed by atoms with Gasteiger partial charge in [-0.15, -0.1) is 0 Å². The Morgan fingerprint density at radius 2 is 1.78 bits per heavy atom. The molecule has 88 valence electrons. The number of hydrogen-bond donors (Lipinski definition) is 2. The molecule has 18 heavy (non-hydrogen) atoms. The molecule has 3 N–H and O–H groups in total. The Hall–Kier alpha value is -2.76. The first kappa shape index (κ1) is 10.4. The number of rotatable bonds is 2. The molecule has 0 aliphatic carbocycles. The Kier molecular flexibility index (Phi) is 2.45. The van der Waals surface area contributed by atoms with Gasteiger partial charge < -0.3 is 5.73 Å². The lowest BCUT2D eigenvalue weighted by atomic mass is 10.2. The van der Waals surface area contributed by atoms with Crippen LogP contribution in [0.25, 0.3) is 22.9 Å². The van der Waals surface area contributed by atoms with Crippen LogP contribution < -0.4 is 5.73 Å². The summed E-state index contributed by atoms with van der Waals surface area (Å²) in [5.41, 5.74) is 7.18. The Labute approximate surface area is 103 Å². The molecule has 0 aliphatic heterocycles. The zero-order valence-electron chi connectivity index (χ0n) is 9.41. The van der Waals surface area contributed by atoms with Crippen LogP contribution in [0.3, 0.4) is 0 Å². The van der Waals surface area contributed by atoms with Crippen molar-refractivity contribution in [3.05, 3.63) is 42.7 Å². The summed E-state index contributed by atoms with van der Waals surface area (Å²) in [6.07, 6.45) is 3.10. The monoisotopic (exact) mass is 238 g/mol. The van der Waals surface area contributed by atoms with Crippen molar-refractivity contribution >= 4 is 5.82 Å². The summed E-state index contributed by atoms with van der Waals surface area (Å²) in [4.78, 5) is 12.5. The second-order valence-corrected chi connectivity index (χ2v) is 3.66. The molecule has 0 spiro atoms. The third-order valence-electron chi connectivity index (χ3n) is 2.47. The van der Waals surface area contributed by atoms with Crippen LogP contribution in [0.5, 0.6) is 0 Å². The van der Waals surface area contributed by atoms with Crippen LogP contribution >= 0.6 is 0 Å². The van der Waals surface area contributed by atoms with E-state index < -0.39 is 0 Å². The molecule has 0 amide bonds. The van der Waals surface area contributed by atoms with Crippen LogP contribution in [0.15, 0.2) is 42.7 Å². The number of aromatic nitrogens is 5. The molecule has 6 nitrogen and oxygen atoms in total. The maximum absolute atomic E-state index is 5.74. The minimum atomic E-state index is 0.327. The molecule has 0 radical (unpaired) electrons. The number of nitrogens with one attached hydrogen (secondary N) is 1. The van der Waals surface area contributed by atoms with Crippen molar-refractivity contribution in [2.45, 2.75) is 0 Å². The van der Waals surface area contributed by atoms with Crippen molar-refractivity contribution in [1.82, 2.24) is 25.1 Å². The zero-order chi connectivity index (χ0) is 12.4. The SMILES string of the molecule is Nc1nccnc1-c1nc(-c2ccccc2)n[nH]1. The number of benzene rings is 1. The number of aromatic amines is 1. The Morgan fingerprint density at radius 1 is 1.00 bits per heavy atom. The fourth-order valence-electron chi connectivity index (χ4n) is 1.62.